The predicted octanol–water partition coefficient (Wildman–Crippen LogP) is -0.806. The minimum Gasteiger partial charge on any atom is -0.352 e. The van der Waals surface area contributed by atoms with Crippen molar-refractivity contribution in [3.63, 3.8) is 0 Å². The number of amides is 1. The van der Waals surface area contributed by atoms with Crippen LogP contribution in [0, 0.1) is 0 Å². The van der Waals surface area contributed by atoms with Crippen LogP contribution in [0.2, 0.25) is 0 Å². The maximum Gasteiger partial charge on any atom is 0.262 e. The summed E-state index contributed by atoms with van der Waals surface area (Å²) >= 11 is 0. The molecule has 0 aliphatic heterocycles. The van der Waals surface area contributed by atoms with Gasteiger partial charge in [0.25, 0.3) is 5.91 Å². The molecule has 0 aliphatic rings. The molecule has 58 valence electrons. The summed E-state index contributed by atoms with van der Waals surface area (Å²) in [6.07, 6.45) is 0. The van der Waals surface area contributed by atoms with Crippen molar-refractivity contribution in [1.82, 2.24) is 5.32 Å². The Morgan fingerprint density at radius 1 is 1.50 bits per heavy atom. The Balaban J connectivity index is 4.39. The highest BCUT2D eigenvalue weighted by Gasteiger charge is 2.03. The van der Waals surface area contributed by atoms with E-state index in [1.807, 2.05) is 0 Å². The molecule has 0 spiro atoms. The van der Waals surface area contributed by atoms with Gasteiger partial charge in [0.15, 0.2) is 0 Å². The molecular formula is C5H9NO3S. The summed E-state index contributed by atoms with van der Waals surface area (Å²) in [4.78, 5) is 10.5. The molecule has 5 heteroatoms. The van der Waals surface area contributed by atoms with Gasteiger partial charge in [-0.1, -0.05) is 0 Å². The average molecular weight is 163 g/mol. The highest BCUT2D eigenvalue weighted by atomic mass is 32.2. The standard InChI is InChI=1S/C5H9NO3S/c1-3-6-5(7)4(2)10(8)9/h3H2,1-2H3,(H,6,7). The SMILES string of the molecule is CCNC(=O)C(C)=S(=O)=O. The Hall–Kier alpha value is -0.840. The summed E-state index contributed by atoms with van der Waals surface area (Å²) in [5, 5.41) is 2.36. The van der Waals surface area contributed by atoms with E-state index in [2.05, 4.69) is 5.32 Å². The Morgan fingerprint density at radius 2 is 2.00 bits per heavy atom. The molecule has 0 fully saturated rings. The summed E-state index contributed by atoms with van der Waals surface area (Å²) in [7, 11) is -2.39. The lowest BCUT2D eigenvalue weighted by Crippen LogP contribution is -2.29. The second kappa shape index (κ2) is 4.05. The zero-order valence-electron chi connectivity index (χ0n) is 5.84. The lowest BCUT2D eigenvalue weighted by molar-refractivity contribution is -0.114. The van der Waals surface area contributed by atoms with Crippen LogP contribution < -0.4 is 5.32 Å². The lowest BCUT2D eigenvalue weighted by atomic mass is 10.4. The van der Waals surface area contributed by atoms with Crippen molar-refractivity contribution in [2.45, 2.75) is 13.8 Å². The molecule has 1 N–H and O–H groups in total. The van der Waals surface area contributed by atoms with Crippen molar-refractivity contribution in [3.05, 3.63) is 0 Å². The molecule has 0 saturated heterocycles. The molecule has 0 aromatic heterocycles. The van der Waals surface area contributed by atoms with Gasteiger partial charge in [0.1, 0.15) is 4.86 Å². The van der Waals surface area contributed by atoms with Gasteiger partial charge in [-0.25, -0.2) is 0 Å². The van der Waals surface area contributed by atoms with Crippen LogP contribution in [0.4, 0.5) is 0 Å². The minimum atomic E-state index is -2.39. The zero-order valence-corrected chi connectivity index (χ0v) is 6.66. The summed E-state index contributed by atoms with van der Waals surface area (Å²) in [6, 6.07) is 0. The maximum atomic E-state index is 10.6. The molecule has 0 atom stereocenters. The Bertz CT molecular complexity index is 244. The van der Waals surface area contributed by atoms with Crippen LogP contribution in [0.25, 0.3) is 0 Å². The summed E-state index contributed by atoms with van der Waals surface area (Å²) < 4.78 is 20.2. The molecule has 0 rings (SSSR count). The molecule has 10 heavy (non-hydrogen) atoms. The van der Waals surface area contributed by atoms with Crippen LogP contribution in [0.3, 0.4) is 0 Å². The van der Waals surface area contributed by atoms with E-state index in [9.17, 15) is 13.2 Å². The topological polar surface area (TPSA) is 63.2 Å². The van der Waals surface area contributed by atoms with Gasteiger partial charge in [-0.05, 0) is 13.8 Å². The van der Waals surface area contributed by atoms with Gasteiger partial charge in [0, 0.05) is 6.54 Å². The molecule has 0 bridgehead atoms. The van der Waals surface area contributed by atoms with Crippen LogP contribution in [0.5, 0.6) is 0 Å². The fourth-order valence-corrected chi connectivity index (χ4v) is 0.584. The fraction of sp³-hybridized carbons (Fsp3) is 0.600. The van der Waals surface area contributed by atoms with Crippen molar-refractivity contribution in [3.8, 4) is 0 Å². The van der Waals surface area contributed by atoms with E-state index in [1.54, 1.807) is 6.92 Å². The van der Waals surface area contributed by atoms with E-state index in [0.29, 0.717) is 6.54 Å². The average Bonchev–Trinajstić information content (AvgIpc) is 1.87. The zero-order chi connectivity index (χ0) is 8.15. The van der Waals surface area contributed by atoms with Crippen molar-refractivity contribution in [2.75, 3.05) is 6.54 Å². The Morgan fingerprint density at radius 3 is 2.30 bits per heavy atom. The van der Waals surface area contributed by atoms with E-state index < -0.39 is 16.2 Å². The third kappa shape index (κ3) is 2.63. The molecule has 0 aliphatic carbocycles. The van der Waals surface area contributed by atoms with Crippen LogP contribution in [-0.2, 0) is 15.1 Å². The minimum absolute atomic E-state index is 0.179. The van der Waals surface area contributed by atoms with Crippen LogP contribution in [-0.4, -0.2) is 25.7 Å². The van der Waals surface area contributed by atoms with Gasteiger partial charge in [0.2, 0.25) is 10.3 Å². The van der Waals surface area contributed by atoms with Crippen molar-refractivity contribution < 1.29 is 13.2 Å². The highest BCUT2D eigenvalue weighted by Crippen LogP contribution is 1.70. The van der Waals surface area contributed by atoms with Crippen molar-refractivity contribution >= 4 is 21.1 Å². The Labute approximate surface area is 60.8 Å². The van der Waals surface area contributed by atoms with Gasteiger partial charge in [-0.15, -0.1) is 0 Å². The van der Waals surface area contributed by atoms with Crippen LogP contribution >= 0.6 is 0 Å². The number of carbonyl (C=O) groups is 1. The molecule has 1 amide bonds. The second-order valence-electron chi connectivity index (χ2n) is 1.65. The van der Waals surface area contributed by atoms with Gasteiger partial charge in [-0.2, -0.15) is 8.42 Å². The van der Waals surface area contributed by atoms with Crippen molar-refractivity contribution in [2.24, 2.45) is 0 Å². The van der Waals surface area contributed by atoms with E-state index in [0.717, 1.165) is 0 Å². The van der Waals surface area contributed by atoms with E-state index >= 15 is 0 Å². The summed E-state index contributed by atoms with van der Waals surface area (Å²) in [5.74, 6) is -0.532. The summed E-state index contributed by atoms with van der Waals surface area (Å²) in [5.41, 5.74) is 0. The molecule has 0 heterocycles. The first kappa shape index (κ1) is 9.16. The van der Waals surface area contributed by atoms with Gasteiger partial charge >= 0.3 is 0 Å². The first-order valence-electron chi connectivity index (χ1n) is 2.80. The molecule has 0 saturated carbocycles. The van der Waals surface area contributed by atoms with E-state index in [4.69, 9.17) is 0 Å². The van der Waals surface area contributed by atoms with E-state index in [-0.39, 0.29) is 4.86 Å². The quantitative estimate of drug-likeness (QED) is 0.542. The number of hydrogen-bond donors (Lipinski definition) is 1. The number of rotatable bonds is 2. The van der Waals surface area contributed by atoms with Crippen molar-refractivity contribution in [1.29, 1.82) is 0 Å². The third-order valence-electron chi connectivity index (χ3n) is 0.907. The maximum absolute atomic E-state index is 10.6. The van der Waals surface area contributed by atoms with E-state index in [1.165, 1.54) is 6.92 Å². The van der Waals surface area contributed by atoms with Crippen LogP contribution in [0.15, 0.2) is 0 Å². The Kier molecular flexibility index (Phi) is 3.71. The molecule has 4 nitrogen and oxygen atoms in total. The first-order valence-corrected chi connectivity index (χ1v) is 3.88. The molecule has 0 aromatic rings. The number of hydrogen-bond acceptors (Lipinski definition) is 3. The van der Waals surface area contributed by atoms with Gasteiger partial charge in [0.05, 0.1) is 0 Å². The normalized spacial score (nSPS) is 8.60. The smallest absolute Gasteiger partial charge is 0.262 e. The predicted molar refractivity (Wildman–Crippen MR) is 38.3 cm³/mol. The monoisotopic (exact) mass is 163 g/mol. The highest BCUT2D eigenvalue weighted by molar-refractivity contribution is 7.74. The van der Waals surface area contributed by atoms with Crippen LogP contribution in [0.1, 0.15) is 13.8 Å². The first-order chi connectivity index (χ1) is 4.59. The van der Waals surface area contributed by atoms with Gasteiger partial charge < -0.3 is 5.32 Å². The molecule has 0 unspecified atom stereocenters. The fourth-order valence-electron chi connectivity index (χ4n) is 0.361. The molecule has 0 radical (unpaired) electrons. The third-order valence-corrected chi connectivity index (χ3v) is 1.59. The summed E-state index contributed by atoms with van der Waals surface area (Å²) in [6.45, 7) is 3.42. The largest absolute Gasteiger partial charge is 0.352 e. The molecular weight excluding hydrogens is 154 g/mol. The number of nitrogens with one attached hydrogen (secondary N) is 1. The second-order valence-corrected chi connectivity index (χ2v) is 2.73. The number of carbonyl (C=O) groups excluding carboxylic acids is 1. The molecule has 0 aromatic carbocycles. The van der Waals surface area contributed by atoms with Gasteiger partial charge in [-0.3, -0.25) is 4.79 Å². The lowest BCUT2D eigenvalue weighted by Gasteiger charge is -1.95.